The molecule has 0 radical (unpaired) electrons. The number of ether oxygens (including phenoxy) is 1. The number of sulfonamides is 1. The van der Waals surface area contributed by atoms with Crippen molar-refractivity contribution in [1.82, 2.24) is 4.31 Å². The average Bonchev–Trinajstić information content (AvgIpc) is 3.39. The quantitative estimate of drug-likeness (QED) is 0.560. The van der Waals surface area contributed by atoms with Gasteiger partial charge in [0, 0.05) is 24.9 Å². The number of carbonyl (C=O) groups is 2. The Labute approximate surface area is 162 Å². The maximum atomic E-state index is 12.5. The van der Waals surface area contributed by atoms with Crippen LogP contribution in [0.3, 0.4) is 0 Å². The molecule has 1 N–H and O–H groups in total. The number of carbonyl (C=O) groups excluding carboxylic acids is 2. The lowest BCUT2D eigenvalue weighted by molar-refractivity contribution is -0.142. The second-order valence-corrected chi connectivity index (χ2v) is 8.08. The van der Waals surface area contributed by atoms with Gasteiger partial charge in [-0.15, -0.1) is 0 Å². The van der Waals surface area contributed by atoms with E-state index in [2.05, 4.69) is 5.32 Å². The van der Waals surface area contributed by atoms with Crippen LogP contribution in [-0.4, -0.2) is 44.3 Å². The van der Waals surface area contributed by atoms with Gasteiger partial charge in [-0.2, -0.15) is 4.31 Å². The molecule has 0 aliphatic carbocycles. The lowest BCUT2D eigenvalue weighted by Gasteiger charge is -2.15. The minimum absolute atomic E-state index is 0.182. The van der Waals surface area contributed by atoms with Crippen LogP contribution in [0.2, 0.25) is 0 Å². The first-order valence-corrected chi connectivity index (χ1v) is 10.2. The van der Waals surface area contributed by atoms with E-state index in [1.807, 2.05) is 0 Å². The molecule has 1 aliphatic rings. The van der Waals surface area contributed by atoms with E-state index in [1.54, 1.807) is 12.1 Å². The number of hydrogen-bond donors (Lipinski definition) is 1. The Kier molecular flexibility index (Phi) is 6.27. The molecule has 2 aromatic rings. The predicted molar refractivity (Wildman–Crippen MR) is 102 cm³/mol. The van der Waals surface area contributed by atoms with Crippen LogP contribution in [0.1, 0.15) is 18.6 Å². The molecule has 8 nitrogen and oxygen atoms in total. The van der Waals surface area contributed by atoms with Gasteiger partial charge in [0.05, 0.1) is 11.2 Å². The van der Waals surface area contributed by atoms with Crippen LogP contribution in [0.5, 0.6) is 0 Å². The van der Waals surface area contributed by atoms with E-state index in [-0.39, 0.29) is 4.90 Å². The van der Waals surface area contributed by atoms with Gasteiger partial charge in [-0.05, 0) is 55.3 Å². The molecule has 0 bridgehead atoms. The highest BCUT2D eigenvalue weighted by Gasteiger charge is 2.26. The largest absolute Gasteiger partial charge is 0.465 e. The summed E-state index contributed by atoms with van der Waals surface area (Å²) in [6.45, 7) is 0.594. The van der Waals surface area contributed by atoms with Crippen LogP contribution >= 0.6 is 0 Å². The predicted octanol–water partition coefficient (Wildman–Crippen LogP) is 2.26. The van der Waals surface area contributed by atoms with Gasteiger partial charge in [0.15, 0.2) is 6.61 Å². The van der Waals surface area contributed by atoms with E-state index in [0.29, 0.717) is 24.5 Å². The second kappa shape index (κ2) is 8.85. The summed E-state index contributed by atoms with van der Waals surface area (Å²) < 4.78 is 36.2. The van der Waals surface area contributed by atoms with Crippen molar-refractivity contribution in [3.8, 4) is 0 Å². The summed E-state index contributed by atoms with van der Waals surface area (Å²) in [5.74, 6) is -0.723. The van der Waals surface area contributed by atoms with Crippen molar-refractivity contribution in [3.63, 3.8) is 0 Å². The van der Waals surface area contributed by atoms with Crippen LogP contribution < -0.4 is 5.32 Å². The molecule has 1 aliphatic heterocycles. The zero-order chi connectivity index (χ0) is 20.0. The highest BCUT2D eigenvalue weighted by atomic mass is 32.2. The number of amides is 1. The van der Waals surface area contributed by atoms with E-state index >= 15 is 0 Å². The van der Waals surface area contributed by atoms with E-state index in [9.17, 15) is 18.0 Å². The van der Waals surface area contributed by atoms with Crippen molar-refractivity contribution in [2.45, 2.75) is 17.7 Å². The summed E-state index contributed by atoms with van der Waals surface area (Å²) in [6.07, 6.45) is 5.79. The summed E-state index contributed by atoms with van der Waals surface area (Å²) in [5, 5.41) is 2.55. The molecule has 0 spiro atoms. The molecule has 1 aromatic carbocycles. The van der Waals surface area contributed by atoms with Crippen molar-refractivity contribution in [2.75, 3.05) is 25.0 Å². The normalized spacial score (nSPS) is 15.0. The third kappa shape index (κ3) is 5.08. The number of hydrogen-bond acceptors (Lipinski definition) is 6. The minimum Gasteiger partial charge on any atom is -0.465 e. The molecule has 1 saturated heterocycles. The molecular weight excluding hydrogens is 384 g/mol. The number of nitrogens with one attached hydrogen (secondary N) is 1. The average molecular weight is 404 g/mol. The maximum absolute atomic E-state index is 12.5. The van der Waals surface area contributed by atoms with Gasteiger partial charge < -0.3 is 14.5 Å². The monoisotopic (exact) mass is 404 g/mol. The smallest absolute Gasteiger partial charge is 0.331 e. The summed E-state index contributed by atoms with van der Waals surface area (Å²) in [4.78, 5) is 23.6. The lowest BCUT2D eigenvalue weighted by Crippen LogP contribution is -2.27. The Morgan fingerprint density at radius 2 is 1.86 bits per heavy atom. The number of esters is 1. The highest BCUT2D eigenvalue weighted by Crippen LogP contribution is 2.22. The van der Waals surface area contributed by atoms with E-state index in [0.717, 1.165) is 18.9 Å². The Bertz CT molecular complexity index is 943. The van der Waals surface area contributed by atoms with Gasteiger partial charge in [0.2, 0.25) is 10.0 Å². The third-order valence-electron chi connectivity index (χ3n) is 4.11. The molecule has 0 atom stereocenters. The number of anilines is 1. The van der Waals surface area contributed by atoms with Gasteiger partial charge in [-0.25, -0.2) is 13.2 Å². The van der Waals surface area contributed by atoms with Gasteiger partial charge >= 0.3 is 5.97 Å². The minimum atomic E-state index is -3.49. The second-order valence-electron chi connectivity index (χ2n) is 6.14. The fourth-order valence-corrected chi connectivity index (χ4v) is 4.22. The zero-order valence-corrected chi connectivity index (χ0v) is 15.9. The number of benzene rings is 1. The number of nitrogens with zero attached hydrogens (tertiary/aromatic N) is 1. The Morgan fingerprint density at radius 1 is 1.14 bits per heavy atom. The summed E-state index contributed by atoms with van der Waals surface area (Å²) in [5.41, 5.74) is 0.410. The van der Waals surface area contributed by atoms with Gasteiger partial charge in [0.1, 0.15) is 5.76 Å². The topological polar surface area (TPSA) is 106 Å². The van der Waals surface area contributed by atoms with Gasteiger partial charge in [-0.1, -0.05) is 0 Å². The summed E-state index contributed by atoms with van der Waals surface area (Å²) >= 11 is 0. The number of furan rings is 1. The Morgan fingerprint density at radius 3 is 2.50 bits per heavy atom. The van der Waals surface area contributed by atoms with Crippen LogP contribution in [0.25, 0.3) is 6.08 Å². The summed E-state index contributed by atoms with van der Waals surface area (Å²) in [6, 6.07) is 9.24. The molecule has 28 heavy (non-hydrogen) atoms. The molecule has 1 fully saturated rings. The van der Waals surface area contributed by atoms with Crippen molar-refractivity contribution in [1.29, 1.82) is 0 Å². The molecule has 1 aromatic heterocycles. The van der Waals surface area contributed by atoms with E-state index < -0.39 is 28.5 Å². The molecule has 148 valence electrons. The van der Waals surface area contributed by atoms with Crippen molar-refractivity contribution >= 4 is 33.7 Å². The Balaban J connectivity index is 1.49. The fourth-order valence-electron chi connectivity index (χ4n) is 2.71. The van der Waals surface area contributed by atoms with Crippen LogP contribution in [0, 0.1) is 0 Å². The van der Waals surface area contributed by atoms with E-state index in [4.69, 9.17) is 9.15 Å². The molecule has 3 rings (SSSR count). The molecule has 0 unspecified atom stereocenters. The first-order chi connectivity index (χ1) is 13.4. The van der Waals surface area contributed by atoms with Crippen LogP contribution in [0.15, 0.2) is 58.1 Å². The van der Waals surface area contributed by atoms with Gasteiger partial charge in [0.25, 0.3) is 5.91 Å². The SMILES string of the molecule is O=C(COC(=O)C=Cc1ccco1)Nc1ccc(S(=O)(=O)N2CCCC2)cc1. The molecule has 2 heterocycles. The standard InChI is InChI=1S/C19H20N2O6S/c22-18(14-27-19(23)10-7-16-4-3-13-26-16)20-15-5-8-17(9-6-15)28(24,25)21-11-1-2-12-21/h3-10,13H,1-2,11-12,14H2,(H,20,22). The molecule has 1 amide bonds. The van der Waals surface area contributed by atoms with Crippen molar-refractivity contribution in [2.24, 2.45) is 0 Å². The molecule has 9 heteroatoms. The van der Waals surface area contributed by atoms with Crippen molar-refractivity contribution < 1.29 is 27.2 Å². The van der Waals surface area contributed by atoms with E-state index in [1.165, 1.54) is 40.9 Å². The fraction of sp³-hybridized carbons (Fsp3) is 0.263. The highest BCUT2D eigenvalue weighted by molar-refractivity contribution is 7.89. The first kappa shape index (κ1) is 19.8. The lowest BCUT2D eigenvalue weighted by atomic mass is 10.3. The maximum Gasteiger partial charge on any atom is 0.331 e. The molecule has 0 saturated carbocycles. The van der Waals surface area contributed by atoms with Crippen LogP contribution in [0.4, 0.5) is 5.69 Å². The summed E-state index contributed by atoms with van der Waals surface area (Å²) in [7, 11) is -3.49. The number of rotatable bonds is 7. The third-order valence-corrected chi connectivity index (χ3v) is 6.03. The van der Waals surface area contributed by atoms with Crippen molar-refractivity contribution in [3.05, 3.63) is 54.5 Å². The molecular formula is C19H20N2O6S. The van der Waals surface area contributed by atoms with Gasteiger partial charge in [-0.3, -0.25) is 4.79 Å². The zero-order valence-electron chi connectivity index (χ0n) is 15.0. The Hall–Kier alpha value is -2.91. The first-order valence-electron chi connectivity index (χ1n) is 8.73. The van der Waals surface area contributed by atoms with Crippen LogP contribution in [-0.2, 0) is 24.3 Å².